The molecule has 0 spiro atoms. The summed E-state index contributed by atoms with van der Waals surface area (Å²) in [7, 11) is 0. The minimum atomic E-state index is -4.62. The Hall–Kier alpha value is -1.25. The van der Waals surface area contributed by atoms with Gasteiger partial charge >= 0.3 is 6.18 Å². The molecule has 1 aromatic rings. The van der Waals surface area contributed by atoms with E-state index in [2.05, 4.69) is 0 Å². The van der Waals surface area contributed by atoms with Crippen LogP contribution in [0.15, 0.2) is 18.2 Å². The number of phenolic OH excluding ortho intramolecular Hbond substituents is 1. The van der Waals surface area contributed by atoms with Crippen LogP contribution in [0.25, 0.3) is 0 Å². The lowest BCUT2D eigenvalue weighted by molar-refractivity contribution is -0.137. The Morgan fingerprint density at radius 2 is 1.95 bits per heavy atom. The summed E-state index contributed by atoms with van der Waals surface area (Å²) in [5, 5.41) is 28.6. The first-order valence-corrected chi connectivity index (χ1v) is 6.51. The number of rotatable bonds is 4. The minimum absolute atomic E-state index is 0.188. The van der Waals surface area contributed by atoms with Gasteiger partial charge in [0.25, 0.3) is 0 Å². The van der Waals surface area contributed by atoms with Crippen molar-refractivity contribution in [3.63, 3.8) is 0 Å². The van der Waals surface area contributed by atoms with Crippen molar-refractivity contribution in [3.05, 3.63) is 29.3 Å². The molecule has 3 N–H and O–H groups in total. The maximum atomic E-state index is 12.5. The van der Waals surface area contributed by atoms with Gasteiger partial charge in [-0.3, -0.25) is 4.79 Å². The van der Waals surface area contributed by atoms with E-state index in [4.69, 9.17) is 0 Å². The van der Waals surface area contributed by atoms with E-state index in [1.807, 2.05) is 0 Å². The van der Waals surface area contributed by atoms with E-state index in [-0.39, 0.29) is 10.9 Å². The number of carbonyl (C=O) groups is 1. The van der Waals surface area contributed by atoms with Gasteiger partial charge in [-0.1, -0.05) is 11.8 Å². The molecule has 1 aromatic carbocycles. The van der Waals surface area contributed by atoms with E-state index < -0.39 is 35.3 Å². The normalized spacial score (nSPS) is 14.9. The summed E-state index contributed by atoms with van der Waals surface area (Å²) in [4.78, 5) is 10.7. The first kappa shape index (κ1) is 16.8. The molecule has 0 bridgehead atoms. The number of thioether (sulfide) groups is 1. The van der Waals surface area contributed by atoms with E-state index in [1.165, 1.54) is 6.92 Å². The predicted octanol–water partition coefficient (Wildman–Crippen LogP) is 2.09. The third kappa shape index (κ3) is 4.39. The molecule has 0 saturated heterocycles. The van der Waals surface area contributed by atoms with E-state index >= 15 is 0 Å². The minimum Gasteiger partial charge on any atom is -0.508 e. The van der Waals surface area contributed by atoms with Crippen molar-refractivity contribution in [1.82, 2.24) is 0 Å². The van der Waals surface area contributed by atoms with Crippen LogP contribution in [0.1, 0.15) is 24.2 Å². The van der Waals surface area contributed by atoms with Gasteiger partial charge in [0.2, 0.25) is 0 Å². The average molecular weight is 310 g/mol. The number of benzene rings is 1. The fourth-order valence-electron chi connectivity index (χ4n) is 1.47. The van der Waals surface area contributed by atoms with Crippen molar-refractivity contribution in [3.8, 4) is 5.75 Å². The SMILES string of the molecule is CC(=O)SCC(O)C(O)c1cc(C(F)(F)F)ccc1O. The molecule has 2 unspecified atom stereocenters. The predicted molar refractivity (Wildman–Crippen MR) is 67.2 cm³/mol. The molecule has 2 atom stereocenters. The monoisotopic (exact) mass is 310 g/mol. The standard InChI is InChI=1S/C12H13F3O4S/c1-6(16)20-5-10(18)11(19)8-4-7(12(13,14)15)2-3-9(8)17/h2-4,10-11,17-19H,5H2,1H3. The highest BCUT2D eigenvalue weighted by Crippen LogP contribution is 2.35. The Balaban J connectivity index is 2.97. The Labute approximate surface area is 117 Å². The molecule has 112 valence electrons. The van der Waals surface area contributed by atoms with E-state index in [9.17, 15) is 33.3 Å². The molecule has 0 aromatic heterocycles. The largest absolute Gasteiger partial charge is 0.508 e. The van der Waals surface area contributed by atoms with Crippen LogP contribution in [0.2, 0.25) is 0 Å². The van der Waals surface area contributed by atoms with Crippen LogP contribution in [0.3, 0.4) is 0 Å². The van der Waals surface area contributed by atoms with Gasteiger partial charge in [-0.2, -0.15) is 13.2 Å². The van der Waals surface area contributed by atoms with E-state index in [0.717, 1.165) is 17.8 Å². The smallest absolute Gasteiger partial charge is 0.416 e. The number of phenols is 1. The quantitative estimate of drug-likeness (QED) is 0.794. The number of alkyl halides is 3. The molecule has 0 amide bonds. The molecule has 0 radical (unpaired) electrons. The van der Waals surface area contributed by atoms with E-state index in [0.29, 0.717) is 12.1 Å². The summed E-state index contributed by atoms with van der Waals surface area (Å²) in [5.41, 5.74) is -1.48. The number of aromatic hydroxyl groups is 1. The van der Waals surface area contributed by atoms with Crippen LogP contribution < -0.4 is 0 Å². The number of aliphatic hydroxyl groups is 2. The molecule has 4 nitrogen and oxygen atoms in total. The van der Waals surface area contributed by atoms with Crippen LogP contribution >= 0.6 is 11.8 Å². The number of aliphatic hydroxyl groups excluding tert-OH is 2. The van der Waals surface area contributed by atoms with Crippen LogP contribution in [0.5, 0.6) is 5.75 Å². The third-order valence-electron chi connectivity index (χ3n) is 2.50. The lowest BCUT2D eigenvalue weighted by Crippen LogP contribution is -2.22. The molecule has 0 heterocycles. The Morgan fingerprint density at radius 3 is 2.45 bits per heavy atom. The van der Waals surface area contributed by atoms with Crippen molar-refractivity contribution in [1.29, 1.82) is 0 Å². The summed E-state index contributed by atoms with van der Waals surface area (Å²) < 4.78 is 37.6. The summed E-state index contributed by atoms with van der Waals surface area (Å²) in [6.07, 6.45) is -7.82. The lowest BCUT2D eigenvalue weighted by atomic mass is 10.0. The fraction of sp³-hybridized carbons (Fsp3) is 0.417. The molecule has 0 fully saturated rings. The molecule has 0 aliphatic rings. The Morgan fingerprint density at radius 1 is 1.35 bits per heavy atom. The first-order chi connectivity index (χ1) is 9.12. The zero-order valence-electron chi connectivity index (χ0n) is 10.4. The van der Waals surface area contributed by atoms with Crippen LogP contribution in [-0.2, 0) is 11.0 Å². The first-order valence-electron chi connectivity index (χ1n) is 5.52. The average Bonchev–Trinajstić information content (AvgIpc) is 2.34. The second kappa shape index (κ2) is 6.47. The molecule has 1 rings (SSSR count). The Kier molecular flexibility index (Phi) is 5.43. The lowest BCUT2D eigenvalue weighted by Gasteiger charge is -2.19. The zero-order chi connectivity index (χ0) is 15.5. The van der Waals surface area contributed by atoms with E-state index in [1.54, 1.807) is 0 Å². The maximum absolute atomic E-state index is 12.5. The number of carbonyl (C=O) groups excluding carboxylic acids is 1. The van der Waals surface area contributed by atoms with Gasteiger partial charge in [0.1, 0.15) is 11.9 Å². The second-order valence-electron chi connectivity index (χ2n) is 4.09. The van der Waals surface area contributed by atoms with Crippen LogP contribution in [0.4, 0.5) is 13.2 Å². The van der Waals surface area contributed by atoms with Gasteiger partial charge in [-0.25, -0.2) is 0 Å². The van der Waals surface area contributed by atoms with Gasteiger partial charge < -0.3 is 15.3 Å². The molecular weight excluding hydrogens is 297 g/mol. The molecular formula is C12H13F3O4S. The highest BCUT2D eigenvalue weighted by molar-refractivity contribution is 8.13. The number of halogens is 3. The van der Waals surface area contributed by atoms with Gasteiger partial charge in [-0.05, 0) is 18.2 Å². The summed E-state index contributed by atoms with van der Waals surface area (Å²) in [6.45, 7) is 1.26. The zero-order valence-corrected chi connectivity index (χ0v) is 11.2. The van der Waals surface area contributed by atoms with Crippen molar-refractivity contribution in [2.24, 2.45) is 0 Å². The fourth-order valence-corrected chi connectivity index (χ4v) is 2.06. The van der Waals surface area contributed by atoms with Gasteiger partial charge in [0.05, 0.1) is 11.7 Å². The number of hydrogen-bond acceptors (Lipinski definition) is 5. The Bertz CT molecular complexity index is 490. The highest BCUT2D eigenvalue weighted by Gasteiger charge is 2.32. The molecule has 0 saturated carbocycles. The van der Waals surface area contributed by atoms with Crippen LogP contribution in [0, 0.1) is 0 Å². The van der Waals surface area contributed by atoms with Crippen molar-refractivity contribution in [2.75, 3.05) is 5.75 Å². The third-order valence-corrected chi connectivity index (χ3v) is 3.41. The van der Waals surface area contributed by atoms with Gasteiger partial charge in [-0.15, -0.1) is 0 Å². The molecule has 0 aliphatic carbocycles. The molecule has 0 aliphatic heterocycles. The van der Waals surface area contributed by atoms with Crippen molar-refractivity contribution in [2.45, 2.75) is 25.3 Å². The van der Waals surface area contributed by atoms with Crippen LogP contribution in [-0.4, -0.2) is 32.3 Å². The second-order valence-corrected chi connectivity index (χ2v) is 5.28. The highest BCUT2D eigenvalue weighted by atomic mass is 32.2. The molecule has 20 heavy (non-hydrogen) atoms. The molecule has 8 heteroatoms. The number of hydrogen-bond donors (Lipinski definition) is 3. The van der Waals surface area contributed by atoms with Crippen molar-refractivity contribution >= 4 is 16.9 Å². The van der Waals surface area contributed by atoms with Gasteiger partial charge in [0, 0.05) is 18.2 Å². The van der Waals surface area contributed by atoms with Gasteiger partial charge in [0.15, 0.2) is 5.12 Å². The topological polar surface area (TPSA) is 77.8 Å². The summed E-state index contributed by atoms with van der Waals surface area (Å²) in [5.74, 6) is -0.746. The maximum Gasteiger partial charge on any atom is 0.416 e. The van der Waals surface area contributed by atoms with Crippen molar-refractivity contribution < 1.29 is 33.3 Å². The summed E-state index contributed by atoms with van der Waals surface area (Å²) >= 11 is 0.725. The summed E-state index contributed by atoms with van der Waals surface area (Å²) in [6, 6.07) is 2.04.